The number of guanidine groups is 1. The number of rotatable bonds is 6. The lowest BCUT2D eigenvalue weighted by Gasteiger charge is -2.33. The van der Waals surface area contributed by atoms with E-state index in [1.807, 2.05) is 7.05 Å². The first-order valence-corrected chi connectivity index (χ1v) is 9.61. The highest BCUT2D eigenvalue weighted by atomic mass is 32.1. The van der Waals surface area contributed by atoms with Gasteiger partial charge in [-0.05, 0) is 25.2 Å². The van der Waals surface area contributed by atoms with E-state index in [1.54, 1.807) is 11.3 Å². The number of aromatic nitrogens is 1. The average Bonchev–Trinajstić information content (AvgIpc) is 3.00. The highest BCUT2D eigenvalue weighted by molar-refractivity contribution is 7.09. The number of piperidine rings is 1. The van der Waals surface area contributed by atoms with Crippen LogP contribution in [0, 0.1) is 5.92 Å². The second-order valence-corrected chi connectivity index (χ2v) is 7.57. The molecular formula is C17H31N5S. The molecule has 1 aliphatic heterocycles. The Bertz CT molecular complexity index is 489. The van der Waals surface area contributed by atoms with E-state index in [0.717, 1.165) is 30.5 Å². The summed E-state index contributed by atoms with van der Waals surface area (Å²) >= 11 is 1.73. The largest absolute Gasteiger partial charge is 0.354 e. The number of aryl methyl sites for hydroxylation is 1. The third-order valence-corrected chi connectivity index (χ3v) is 5.16. The van der Waals surface area contributed by atoms with Crippen LogP contribution in [-0.4, -0.2) is 48.6 Å². The molecule has 1 aliphatic rings. The van der Waals surface area contributed by atoms with Crippen molar-refractivity contribution in [1.82, 2.24) is 20.5 Å². The van der Waals surface area contributed by atoms with Crippen molar-refractivity contribution in [3.63, 3.8) is 0 Å². The highest BCUT2D eigenvalue weighted by Crippen LogP contribution is 2.12. The number of hydrogen-bond acceptors (Lipinski definition) is 4. The van der Waals surface area contributed by atoms with Crippen molar-refractivity contribution in [2.75, 3.05) is 26.7 Å². The van der Waals surface area contributed by atoms with Crippen molar-refractivity contribution in [2.45, 2.75) is 52.6 Å². The molecule has 0 amide bonds. The Hall–Kier alpha value is -1.14. The van der Waals surface area contributed by atoms with Crippen molar-refractivity contribution in [1.29, 1.82) is 0 Å². The third-order valence-electron chi connectivity index (χ3n) is 4.11. The zero-order valence-electron chi connectivity index (χ0n) is 14.9. The van der Waals surface area contributed by atoms with Crippen LogP contribution >= 0.6 is 11.3 Å². The van der Waals surface area contributed by atoms with Crippen molar-refractivity contribution in [3.05, 3.63) is 16.1 Å². The van der Waals surface area contributed by atoms with Gasteiger partial charge in [0.1, 0.15) is 0 Å². The SMILES string of the molecule is CCc1nc(CNC(=NC)NC2CCN(CC(C)C)CC2)cs1. The van der Waals surface area contributed by atoms with E-state index in [0.29, 0.717) is 6.04 Å². The van der Waals surface area contributed by atoms with Gasteiger partial charge in [0.2, 0.25) is 0 Å². The summed E-state index contributed by atoms with van der Waals surface area (Å²) in [5.74, 6) is 1.64. The average molecular weight is 338 g/mol. The molecule has 23 heavy (non-hydrogen) atoms. The Morgan fingerprint density at radius 3 is 2.74 bits per heavy atom. The van der Waals surface area contributed by atoms with Gasteiger partial charge in [0.15, 0.2) is 5.96 Å². The molecule has 0 atom stereocenters. The van der Waals surface area contributed by atoms with Crippen LogP contribution in [0.2, 0.25) is 0 Å². The molecule has 1 fully saturated rings. The minimum atomic E-state index is 0.520. The first-order valence-electron chi connectivity index (χ1n) is 8.73. The van der Waals surface area contributed by atoms with E-state index in [4.69, 9.17) is 0 Å². The van der Waals surface area contributed by atoms with Crippen LogP contribution in [-0.2, 0) is 13.0 Å². The van der Waals surface area contributed by atoms with E-state index < -0.39 is 0 Å². The monoisotopic (exact) mass is 337 g/mol. The molecule has 0 aliphatic carbocycles. The number of nitrogens with one attached hydrogen (secondary N) is 2. The van der Waals surface area contributed by atoms with E-state index in [1.165, 1.54) is 37.5 Å². The first-order chi connectivity index (χ1) is 11.1. The molecule has 2 rings (SSSR count). The molecule has 0 aromatic carbocycles. The predicted molar refractivity (Wildman–Crippen MR) is 99.1 cm³/mol. The van der Waals surface area contributed by atoms with Crippen LogP contribution in [0.4, 0.5) is 0 Å². The lowest BCUT2D eigenvalue weighted by Crippen LogP contribution is -2.49. The van der Waals surface area contributed by atoms with Crippen LogP contribution in [0.1, 0.15) is 44.3 Å². The molecule has 2 heterocycles. The lowest BCUT2D eigenvalue weighted by molar-refractivity contribution is 0.187. The van der Waals surface area contributed by atoms with Crippen molar-refractivity contribution in [2.24, 2.45) is 10.9 Å². The summed E-state index contributed by atoms with van der Waals surface area (Å²) in [5.41, 5.74) is 1.10. The molecular weight excluding hydrogens is 306 g/mol. The zero-order chi connectivity index (χ0) is 16.7. The maximum absolute atomic E-state index is 4.59. The highest BCUT2D eigenvalue weighted by Gasteiger charge is 2.20. The first kappa shape index (κ1) is 18.2. The van der Waals surface area contributed by atoms with Gasteiger partial charge < -0.3 is 15.5 Å². The smallest absolute Gasteiger partial charge is 0.191 e. The van der Waals surface area contributed by atoms with E-state index in [9.17, 15) is 0 Å². The molecule has 130 valence electrons. The normalized spacial score (nSPS) is 17.7. The van der Waals surface area contributed by atoms with Crippen molar-refractivity contribution < 1.29 is 0 Å². The van der Waals surface area contributed by atoms with Crippen LogP contribution in [0.25, 0.3) is 0 Å². The molecule has 0 bridgehead atoms. The molecule has 1 aromatic rings. The molecule has 0 spiro atoms. The third kappa shape index (κ3) is 6.11. The predicted octanol–water partition coefficient (Wildman–Crippen LogP) is 2.49. The van der Waals surface area contributed by atoms with Crippen LogP contribution in [0.3, 0.4) is 0 Å². The minimum Gasteiger partial charge on any atom is -0.354 e. The molecule has 6 heteroatoms. The van der Waals surface area contributed by atoms with Crippen LogP contribution in [0.15, 0.2) is 10.4 Å². The quantitative estimate of drug-likeness (QED) is 0.618. The van der Waals surface area contributed by atoms with E-state index in [-0.39, 0.29) is 0 Å². The molecule has 5 nitrogen and oxygen atoms in total. The number of nitrogens with zero attached hydrogens (tertiary/aromatic N) is 3. The number of aliphatic imine (C=N–C) groups is 1. The zero-order valence-corrected chi connectivity index (χ0v) is 15.7. The van der Waals surface area contributed by atoms with Gasteiger partial charge in [-0.25, -0.2) is 4.98 Å². The second kappa shape index (κ2) is 9.23. The van der Waals surface area contributed by atoms with Gasteiger partial charge in [0, 0.05) is 38.1 Å². The van der Waals surface area contributed by atoms with E-state index in [2.05, 4.69) is 51.7 Å². The maximum atomic E-state index is 4.59. The summed E-state index contributed by atoms with van der Waals surface area (Å²) in [6.45, 7) is 11.0. The number of likely N-dealkylation sites (tertiary alicyclic amines) is 1. The Balaban J connectivity index is 1.73. The Morgan fingerprint density at radius 1 is 1.43 bits per heavy atom. The van der Waals surface area contributed by atoms with Gasteiger partial charge in [0.05, 0.1) is 17.2 Å². The van der Waals surface area contributed by atoms with Gasteiger partial charge >= 0.3 is 0 Å². The minimum absolute atomic E-state index is 0.520. The van der Waals surface area contributed by atoms with Crippen molar-refractivity contribution in [3.8, 4) is 0 Å². The number of thiazole rings is 1. The molecule has 0 radical (unpaired) electrons. The van der Waals surface area contributed by atoms with Crippen LogP contribution < -0.4 is 10.6 Å². The fourth-order valence-electron chi connectivity index (χ4n) is 2.93. The molecule has 1 aromatic heterocycles. The van der Waals surface area contributed by atoms with Gasteiger partial charge in [-0.1, -0.05) is 20.8 Å². The summed E-state index contributed by atoms with van der Waals surface area (Å²) < 4.78 is 0. The summed E-state index contributed by atoms with van der Waals surface area (Å²) in [5, 5.41) is 10.3. The fourth-order valence-corrected chi connectivity index (χ4v) is 3.68. The second-order valence-electron chi connectivity index (χ2n) is 6.62. The Morgan fingerprint density at radius 2 is 2.17 bits per heavy atom. The summed E-state index contributed by atoms with van der Waals surface area (Å²) in [6.07, 6.45) is 3.38. The van der Waals surface area contributed by atoms with Gasteiger partial charge in [-0.15, -0.1) is 11.3 Å². The topological polar surface area (TPSA) is 52.6 Å². The van der Waals surface area contributed by atoms with Gasteiger partial charge in [-0.3, -0.25) is 4.99 Å². The summed E-state index contributed by atoms with van der Waals surface area (Å²) in [6, 6.07) is 0.520. The summed E-state index contributed by atoms with van der Waals surface area (Å²) in [7, 11) is 1.84. The van der Waals surface area contributed by atoms with Crippen molar-refractivity contribution >= 4 is 17.3 Å². The molecule has 0 saturated carbocycles. The summed E-state index contributed by atoms with van der Waals surface area (Å²) in [4.78, 5) is 11.5. The molecule has 0 unspecified atom stereocenters. The molecule has 1 saturated heterocycles. The number of hydrogen-bond donors (Lipinski definition) is 2. The standard InChI is InChI=1S/C17H31N5S/c1-5-16-20-15(12-23-16)10-19-17(18-4)21-14-6-8-22(9-7-14)11-13(2)3/h12-14H,5-11H2,1-4H3,(H2,18,19,21). The maximum Gasteiger partial charge on any atom is 0.191 e. The Kier molecular flexibility index (Phi) is 7.30. The lowest BCUT2D eigenvalue weighted by atomic mass is 10.0. The Labute approximate surface area is 144 Å². The fraction of sp³-hybridized carbons (Fsp3) is 0.765. The van der Waals surface area contributed by atoms with Gasteiger partial charge in [-0.2, -0.15) is 0 Å². The van der Waals surface area contributed by atoms with E-state index >= 15 is 0 Å². The van der Waals surface area contributed by atoms with Crippen LogP contribution in [0.5, 0.6) is 0 Å². The van der Waals surface area contributed by atoms with Gasteiger partial charge in [0.25, 0.3) is 0 Å². The molecule has 2 N–H and O–H groups in total.